The molecule has 1 unspecified atom stereocenters. The summed E-state index contributed by atoms with van der Waals surface area (Å²) in [6, 6.07) is 7.98. The minimum absolute atomic E-state index is 0.525. The van der Waals surface area contributed by atoms with Gasteiger partial charge in [0.25, 0.3) is 0 Å². The number of halogens is 1. The molecule has 2 rings (SSSR count). The summed E-state index contributed by atoms with van der Waals surface area (Å²) in [5.41, 5.74) is 1.16. The van der Waals surface area contributed by atoms with Crippen molar-refractivity contribution in [1.82, 2.24) is 15.5 Å². The number of nitrogens with zero attached hydrogens (tertiary/aromatic N) is 2. The maximum Gasteiger partial charge on any atom is 0.191 e. The molecule has 5 nitrogen and oxygen atoms in total. The summed E-state index contributed by atoms with van der Waals surface area (Å²) in [5.74, 6) is 1.40. The van der Waals surface area contributed by atoms with Crippen molar-refractivity contribution in [2.75, 3.05) is 52.5 Å². The molecule has 1 atom stereocenters. The molecule has 6 heteroatoms. The van der Waals surface area contributed by atoms with Gasteiger partial charge in [0.05, 0.1) is 13.2 Å². The highest BCUT2D eigenvalue weighted by molar-refractivity contribution is 6.31. The molecule has 1 saturated heterocycles. The van der Waals surface area contributed by atoms with E-state index in [0.29, 0.717) is 5.92 Å². The number of rotatable bonds is 8. The predicted molar refractivity (Wildman–Crippen MR) is 106 cm³/mol. The molecule has 1 aromatic rings. The standard InChI is InChI=1S/C19H31ClN4O/c1-3-21-19(22-9-8-17-6-4-5-7-18(17)20)23-14-16(2)15-24-10-12-25-13-11-24/h4-7,16H,3,8-15H2,1-2H3,(H2,21,22,23). The minimum Gasteiger partial charge on any atom is -0.379 e. The molecule has 140 valence electrons. The Hall–Kier alpha value is -1.30. The van der Waals surface area contributed by atoms with Crippen LogP contribution in [0.5, 0.6) is 0 Å². The quantitative estimate of drug-likeness (QED) is 0.548. The van der Waals surface area contributed by atoms with Gasteiger partial charge in [-0.15, -0.1) is 0 Å². The molecule has 25 heavy (non-hydrogen) atoms. The van der Waals surface area contributed by atoms with Crippen molar-refractivity contribution in [3.05, 3.63) is 34.9 Å². The van der Waals surface area contributed by atoms with Crippen LogP contribution in [-0.2, 0) is 11.2 Å². The molecule has 0 saturated carbocycles. The van der Waals surface area contributed by atoms with E-state index in [4.69, 9.17) is 21.3 Å². The second-order valence-corrected chi connectivity index (χ2v) is 6.91. The van der Waals surface area contributed by atoms with Gasteiger partial charge in [0, 0.05) is 44.3 Å². The molecule has 1 aliphatic heterocycles. The summed E-state index contributed by atoms with van der Waals surface area (Å²) in [7, 11) is 0. The van der Waals surface area contributed by atoms with Crippen molar-refractivity contribution in [3.63, 3.8) is 0 Å². The fraction of sp³-hybridized carbons (Fsp3) is 0.632. The van der Waals surface area contributed by atoms with Crippen molar-refractivity contribution in [1.29, 1.82) is 0 Å². The summed E-state index contributed by atoms with van der Waals surface area (Å²) < 4.78 is 5.40. The number of nitrogens with one attached hydrogen (secondary N) is 2. The lowest BCUT2D eigenvalue weighted by atomic mass is 10.1. The van der Waals surface area contributed by atoms with E-state index in [9.17, 15) is 0 Å². The summed E-state index contributed by atoms with van der Waals surface area (Å²) in [4.78, 5) is 7.20. The smallest absolute Gasteiger partial charge is 0.191 e. The van der Waals surface area contributed by atoms with Gasteiger partial charge in [-0.3, -0.25) is 9.89 Å². The molecule has 0 radical (unpaired) electrons. The first-order valence-corrected chi connectivity index (χ1v) is 9.62. The lowest BCUT2D eigenvalue weighted by Gasteiger charge is -2.28. The zero-order valence-electron chi connectivity index (χ0n) is 15.4. The second-order valence-electron chi connectivity index (χ2n) is 6.51. The number of hydrogen-bond donors (Lipinski definition) is 2. The zero-order valence-corrected chi connectivity index (χ0v) is 16.2. The number of guanidine groups is 1. The van der Waals surface area contributed by atoms with E-state index in [2.05, 4.69) is 35.4 Å². The monoisotopic (exact) mass is 366 g/mol. The van der Waals surface area contributed by atoms with Crippen molar-refractivity contribution < 1.29 is 4.74 Å². The fourth-order valence-electron chi connectivity index (χ4n) is 2.89. The first-order valence-electron chi connectivity index (χ1n) is 9.24. The van der Waals surface area contributed by atoms with E-state index in [0.717, 1.165) is 75.4 Å². The normalized spacial score (nSPS) is 17.3. The molecular formula is C19H31ClN4O. The third-order valence-electron chi connectivity index (χ3n) is 4.22. The maximum atomic E-state index is 6.21. The number of aliphatic imine (C=N–C) groups is 1. The van der Waals surface area contributed by atoms with Crippen LogP contribution < -0.4 is 10.6 Å². The summed E-state index contributed by atoms with van der Waals surface area (Å²) in [6.07, 6.45) is 0.882. The highest BCUT2D eigenvalue weighted by Crippen LogP contribution is 2.14. The van der Waals surface area contributed by atoms with E-state index >= 15 is 0 Å². The number of ether oxygens (including phenoxy) is 1. The predicted octanol–water partition coefficient (Wildman–Crippen LogP) is 2.41. The van der Waals surface area contributed by atoms with Gasteiger partial charge in [-0.1, -0.05) is 36.7 Å². The SMILES string of the molecule is CCNC(=NCC(C)CN1CCOCC1)NCCc1ccccc1Cl. The van der Waals surface area contributed by atoms with E-state index in [1.54, 1.807) is 0 Å². The van der Waals surface area contributed by atoms with Crippen LogP contribution in [0.15, 0.2) is 29.3 Å². The molecule has 0 bridgehead atoms. The lowest BCUT2D eigenvalue weighted by Crippen LogP contribution is -2.40. The van der Waals surface area contributed by atoms with E-state index in [1.165, 1.54) is 0 Å². The number of morpholine rings is 1. The fourth-order valence-corrected chi connectivity index (χ4v) is 3.12. The van der Waals surface area contributed by atoms with Crippen LogP contribution >= 0.6 is 11.6 Å². The molecule has 0 aromatic heterocycles. The van der Waals surface area contributed by atoms with Crippen LogP contribution in [0.1, 0.15) is 19.4 Å². The van der Waals surface area contributed by atoms with Gasteiger partial charge in [-0.05, 0) is 30.9 Å². The third-order valence-corrected chi connectivity index (χ3v) is 4.59. The average molecular weight is 367 g/mol. The van der Waals surface area contributed by atoms with E-state index < -0.39 is 0 Å². The minimum atomic E-state index is 0.525. The van der Waals surface area contributed by atoms with Gasteiger partial charge >= 0.3 is 0 Å². The van der Waals surface area contributed by atoms with Crippen LogP contribution in [0.25, 0.3) is 0 Å². The van der Waals surface area contributed by atoms with Crippen LogP contribution in [0, 0.1) is 5.92 Å². The highest BCUT2D eigenvalue weighted by atomic mass is 35.5. The topological polar surface area (TPSA) is 48.9 Å². The molecular weight excluding hydrogens is 336 g/mol. The van der Waals surface area contributed by atoms with Crippen LogP contribution in [0.3, 0.4) is 0 Å². The highest BCUT2D eigenvalue weighted by Gasteiger charge is 2.13. The third kappa shape index (κ3) is 7.63. The lowest BCUT2D eigenvalue weighted by molar-refractivity contribution is 0.0323. The maximum absolute atomic E-state index is 6.21. The molecule has 1 heterocycles. The molecule has 0 aliphatic carbocycles. The van der Waals surface area contributed by atoms with Gasteiger partial charge in [-0.2, -0.15) is 0 Å². The van der Waals surface area contributed by atoms with E-state index in [1.807, 2.05) is 18.2 Å². The Labute approximate surface area is 156 Å². The average Bonchev–Trinajstić information content (AvgIpc) is 2.62. The van der Waals surface area contributed by atoms with Gasteiger partial charge in [0.2, 0.25) is 0 Å². The van der Waals surface area contributed by atoms with Crippen LogP contribution in [-0.4, -0.2) is 63.3 Å². The van der Waals surface area contributed by atoms with Crippen molar-refractivity contribution >= 4 is 17.6 Å². The second kappa shape index (κ2) is 11.3. The van der Waals surface area contributed by atoms with Crippen molar-refractivity contribution in [3.8, 4) is 0 Å². The van der Waals surface area contributed by atoms with Crippen LogP contribution in [0.4, 0.5) is 0 Å². The molecule has 2 N–H and O–H groups in total. The Balaban J connectivity index is 1.75. The summed E-state index contributed by atoms with van der Waals surface area (Å²) in [6.45, 7) is 11.7. The number of hydrogen-bond acceptors (Lipinski definition) is 3. The number of benzene rings is 1. The molecule has 0 amide bonds. The first kappa shape index (κ1) is 20.0. The van der Waals surface area contributed by atoms with Crippen molar-refractivity contribution in [2.45, 2.75) is 20.3 Å². The Morgan fingerprint density at radius 3 is 2.76 bits per heavy atom. The molecule has 1 aromatic carbocycles. The van der Waals surface area contributed by atoms with Crippen molar-refractivity contribution in [2.24, 2.45) is 10.9 Å². The van der Waals surface area contributed by atoms with Crippen LogP contribution in [0.2, 0.25) is 5.02 Å². The Bertz CT molecular complexity index is 532. The Kier molecular flexibility index (Phi) is 9.08. The summed E-state index contributed by atoms with van der Waals surface area (Å²) >= 11 is 6.21. The largest absolute Gasteiger partial charge is 0.379 e. The zero-order chi connectivity index (χ0) is 17.9. The first-order chi connectivity index (χ1) is 12.2. The van der Waals surface area contributed by atoms with Gasteiger partial charge in [0.1, 0.15) is 0 Å². The summed E-state index contributed by atoms with van der Waals surface area (Å²) in [5, 5.41) is 7.54. The molecule has 0 spiro atoms. The Morgan fingerprint density at radius 1 is 1.28 bits per heavy atom. The Morgan fingerprint density at radius 2 is 2.04 bits per heavy atom. The molecule has 1 aliphatic rings. The van der Waals surface area contributed by atoms with Gasteiger partial charge in [-0.25, -0.2) is 0 Å². The van der Waals surface area contributed by atoms with Gasteiger partial charge in [0.15, 0.2) is 5.96 Å². The molecule has 1 fully saturated rings. The van der Waals surface area contributed by atoms with E-state index in [-0.39, 0.29) is 0 Å². The van der Waals surface area contributed by atoms with Gasteiger partial charge < -0.3 is 15.4 Å².